The first kappa shape index (κ1) is 12.9. The van der Waals surface area contributed by atoms with Crippen molar-refractivity contribution in [2.45, 2.75) is 38.3 Å². The van der Waals surface area contributed by atoms with E-state index < -0.39 is 0 Å². The SMILES string of the molecule is OCc1cc(N2CCN(C3CCCC3)CC2)ccn1. The Balaban J connectivity index is 1.59. The van der Waals surface area contributed by atoms with Crippen LogP contribution in [0.5, 0.6) is 0 Å². The molecule has 1 aliphatic carbocycles. The van der Waals surface area contributed by atoms with Crippen LogP contribution in [0.1, 0.15) is 31.4 Å². The summed E-state index contributed by atoms with van der Waals surface area (Å²) in [7, 11) is 0. The zero-order valence-corrected chi connectivity index (χ0v) is 11.5. The molecule has 0 unspecified atom stereocenters. The van der Waals surface area contributed by atoms with Gasteiger partial charge in [-0.05, 0) is 25.0 Å². The van der Waals surface area contributed by atoms with Gasteiger partial charge in [-0.25, -0.2) is 0 Å². The molecule has 1 saturated carbocycles. The molecule has 0 amide bonds. The Morgan fingerprint density at radius 3 is 2.58 bits per heavy atom. The number of rotatable bonds is 3. The van der Waals surface area contributed by atoms with E-state index in [-0.39, 0.29) is 6.61 Å². The summed E-state index contributed by atoms with van der Waals surface area (Å²) in [6, 6.07) is 4.89. The Kier molecular flexibility index (Phi) is 3.99. The number of nitrogens with zero attached hydrogens (tertiary/aromatic N) is 3. The van der Waals surface area contributed by atoms with Gasteiger partial charge in [0.2, 0.25) is 0 Å². The lowest BCUT2D eigenvalue weighted by atomic mass is 10.1. The Labute approximate surface area is 115 Å². The van der Waals surface area contributed by atoms with Gasteiger partial charge < -0.3 is 10.0 Å². The summed E-state index contributed by atoms with van der Waals surface area (Å²) in [4.78, 5) is 9.22. The lowest BCUT2D eigenvalue weighted by Gasteiger charge is -2.39. The van der Waals surface area contributed by atoms with Gasteiger partial charge in [0.15, 0.2) is 0 Å². The maximum atomic E-state index is 9.16. The molecule has 0 atom stereocenters. The van der Waals surface area contributed by atoms with Crippen molar-refractivity contribution in [2.75, 3.05) is 31.1 Å². The monoisotopic (exact) mass is 261 g/mol. The van der Waals surface area contributed by atoms with Crippen molar-refractivity contribution in [3.8, 4) is 0 Å². The van der Waals surface area contributed by atoms with Crippen LogP contribution in [-0.2, 0) is 6.61 Å². The number of aliphatic hydroxyl groups excluding tert-OH is 1. The molecular weight excluding hydrogens is 238 g/mol. The quantitative estimate of drug-likeness (QED) is 0.898. The fraction of sp³-hybridized carbons (Fsp3) is 0.667. The van der Waals surface area contributed by atoms with E-state index in [1.807, 2.05) is 12.1 Å². The Hall–Kier alpha value is -1.13. The molecule has 2 heterocycles. The Bertz CT molecular complexity index is 410. The third-order valence-corrected chi connectivity index (χ3v) is 4.48. The second-order valence-corrected chi connectivity index (χ2v) is 5.62. The average Bonchev–Trinajstić information content (AvgIpc) is 3.02. The first-order chi connectivity index (χ1) is 9.36. The lowest BCUT2D eigenvalue weighted by molar-refractivity contribution is 0.187. The molecule has 104 valence electrons. The van der Waals surface area contributed by atoms with Crippen molar-refractivity contribution in [2.24, 2.45) is 0 Å². The molecule has 1 aromatic heterocycles. The zero-order chi connectivity index (χ0) is 13.1. The van der Waals surface area contributed by atoms with Gasteiger partial charge >= 0.3 is 0 Å². The highest BCUT2D eigenvalue weighted by Crippen LogP contribution is 2.25. The van der Waals surface area contributed by atoms with Crippen LogP contribution in [0.15, 0.2) is 18.3 Å². The smallest absolute Gasteiger partial charge is 0.0853 e. The van der Waals surface area contributed by atoms with Crippen molar-refractivity contribution >= 4 is 5.69 Å². The number of piperazine rings is 1. The molecule has 19 heavy (non-hydrogen) atoms. The number of pyridine rings is 1. The van der Waals surface area contributed by atoms with Gasteiger partial charge in [-0.1, -0.05) is 12.8 Å². The molecule has 0 bridgehead atoms. The van der Waals surface area contributed by atoms with Crippen LogP contribution in [0.3, 0.4) is 0 Å². The van der Waals surface area contributed by atoms with Crippen molar-refractivity contribution in [1.29, 1.82) is 0 Å². The third-order valence-electron chi connectivity index (χ3n) is 4.48. The van der Waals surface area contributed by atoms with Crippen LogP contribution >= 0.6 is 0 Å². The first-order valence-electron chi connectivity index (χ1n) is 7.41. The number of hydrogen-bond donors (Lipinski definition) is 1. The van der Waals surface area contributed by atoms with Crippen LogP contribution in [-0.4, -0.2) is 47.2 Å². The summed E-state index contributed by atoms with van der Waals surface area (Å²) in [5.41, 5.74) is 1.96. The predicted octanol–water partition coefficient (Wildman–Crippen LogP) is 1.64. The molecule has 0 radical (unpaired) electrons. The van der Waals surface area contributed by atoms with E-state index in [4.69, 9.17) is 5.11 Å². The van der Waals surface area contributed by atoms with Gasteiger partial charge in [-0.15, -0.1) is 0 Å². The van der Waals surface area contributed by atoms with E-state index in [0.29, 0.717) is 0 Å². The van der Waals surface area contributed by atoms with Crippen molar-refractivity contribution in [1.82, 2.24) is 9.88 Å². The van der Waals surface area contributed by atoms with Crippen molar-refractivity contribution < 1.29 is 5.11 Å². The highest BCUT2D eigenvalue weighted by Gasteiger charge is 2.26. The minimum atomic E-state index is 0.0237. The largest absolute Gasteiger partial charge is 0.390 e. The Morgan fingerprint density at radius 2 is 1.89 bits per heavy atom. The fourth-order valence-corrected chi connectivity index (χ4v) is 3.36. The molecule has 2 aliphatic rings. The van der Waals surface area contributed by atoms with Crippen LogP contribution in [0.2, 0.25) is 0 Å². The van der Waals surface area contributed by atoms with Gasteiger partial charge in [-0.3, -0.25) is 9.88 Å². The normalized spacial score (nSPS) is 22.1. The highest BCUT2D eigenvalue weighted by atomic mass is 16.3. The average molecular weight is 261 g/mol. The molecule has 2 fully saturated rings. The molecule has 4 nitrogen and oxygen atoms in total. The predicted molar refractivity (Wildman–Crippen MR) is 76.2 cm³/mol. The molecule has 0 spiro atoms. The molecule has 4 heteroatoms. The van der Waals surface area contributed by atoms with E-state index in [9.17, 15) is 0 Å². The minimum absolute atomic E-state index is 0.0237. The lowest BCUT2D eigenvalue weighted by Crippen LogP contribution is -2.49. The first-order valence-corrected chi connectivity index (χ1v) is 7.41. The summed E-state index contributed by atoms with van der Waals surface area (Å²) in [6.07, 6.45) is 7.41. The molecule has 1 aromatic rings. The molecule has 3 rings (SSSR count). The van der Waals surface area contributed by atoms with Gasteiger partial charge in [-0.2, -0.15) is 0 Å². The van der Waals surface area contributed by atoms with Crippen LogP contribution in [0, 0.1) is 0 Å². The fourth-order valence-electron chi connectivity index (χ4n) is 3.36. The minimum Gasteiger partial charge on any atom is -0.390 e. The molecular formula is C15H23N3O. The molecule has 1 aliphatic heterocycles. The van der Waals surface area contributed by atoms with E-state index in [1.54, 1.807) is 6.20 Å². The van der Waals surface area contributed by atoms with Crippen LogP contribution in [0.4, 0.5) is 5.69 Å². The van der Waals surface area contributed by atoms with Crippen molar-refractivity contribution in [3.05, 3.63) is 24.0 Å². The third kappa shape index (κ3) is 2.90. The molecule has 1 saturated heterocycles. The Morgan fingerprint density at radius 1 is 1.16 bits per heavy atom. The summed E-state index contributed by atoms with van der Waals surface area (Å²) in [5, 5.41) is 9.16. The number of hydrogen-bond acceptors (Lipinski definition) is 4. The summed E-state index contributed by atoms with van der Waals surface area (Å²) >= 11 is 0. The topological polar surface area (TPSA) is 39.6 Å². The van der Waals surface area contributed by atoms with Gasteiger partial charge in [0.1, 0.15) is 0 Å². The second-order valence-electron chi connectivity index (χ2n) is 5.62. The van der Waals surface area contributed by atoms with Gasteiger partial charge in [0.25, 0.3) is 0 Å². The summed E-state index contributed by atoms with van der Waals surface area (Å²) in [5.74, 6) is 0. The maximum absolute atomic E-state index is 9.16. The summed E-state index contributed by atoms with van der Waals surface area (Å²) in [6.45, 7) is 4.54. The number of anilines is 1. The standard InChI is InChI=1S/C15H23N3O/c19-12-13-11-15(5-6-16-13)18-9-7-17(8-10-18)14-3-1-2-4-14/h5-6,11,14,19H,1-4,7-10,12H2. The molecule has 1 N–H and O–H groups in total. The summed E-state index contributed by atoms with van der Waals surface area (Å²) < 4.78 is 0. The number of aliphatic hydroxyl groups is 1. The van der Waals surface area contributed by atoms with E-state index in [0.717, 1.165) is 24.8 Å². The van der Waals surface area contributed by atoms with Gasteiger partial charge in [0.05, 0.1) is 12.3 Å². The second kappa shape index (κ2) is 5.88. The highest BCUT2D eigenvalue weighted by molar-refractivity contribution is 5.46. The van der Waals surface area contributed by atoms with E-state index in [2.05, 4.69) is 14.8 Å². The van der Waals surface area contributed by atoms with E-state index >= 15 is 0 Å². The van der Waals surface area contributed by atoms with Crippen LogP contribution < -0.4 is 4.90 Å². The molecule has 0 aromatic carbocycles. The van der Waals surface area contributed by atoms with Crippen molar-refractivity contribution in [3.63, 3.8) is 0 Å². The van der Waals surface area contributed by atoms with Crippen LogP contribution in [0.25, 0.3) is 0 Å². The maximum Gasteiger partial charge on any atom is 0.0853 e. The van der Waals surface area contributed by atoms with Gasteiger partial charge in [0, 0.05) is 44.1 Å². The zero-order valence-electron chi connectivity index (χ0n) is 11.5. The number of aromatic nitrogens is 1. The van der Waals surface area contributed by atoms with E-state index in [1.165, 1.54) is 44.5 Å².